The lowest BCUT2D eigenvalue weighted by molar-refractivity contribution is -0.122. The fraction of sp³-hybridized carbons (Fsp3) is 0.400. The van der Waals surface area contributed by atoms with Crippen LogP contribution in [0.4, 0.5) is 5.69 Å². The number of amides is 2. The van der Waals surface area contributed by atoms with E-state index in [9.17, 15) is 9.59 Å². The molecule has 1 saturated carbocycles. The molecule has 5 nitrogen and oxygen atoms in total. The zero-order chi connectivity index (χ0) is 14.1. The number of rotatable bonds is 4. The number of hydrogen-bond donors (Lipinski definition) is 2. The third kappa shape index (κ3) is 2.43. The Hall–Kier alpha value is -2.17. The number of benzene rings is 1. The molecule has 0 spiro atoms. The molecule has 0 unspecified atom stereocenters. The van der Waals surface area contributed by atoms with Crippen LogP contribution in [0, 0.1) is 11.8 Å². The van der Waals surface area contributed by atoms with Crippen LogP contribution in [-0.4, -0.2) is 17.5 Å². The molecule has 2 amide bonds. The van der Waals surface area contributed by atoms with Gasteiger partial charge in [0.25, 0.3) is 0 Å². The van der Waals surface area contributed by atoms with Gasteiger partial charge in [0.15, 0.2) is 0 Å². The van der Waals surface area contributed by atoms with Gasteiger partial charge in [0.2, 0.25) is 11.8 Å². The summed E-state index contributed by atoms with van der Waals surface area (Å²) in [5.74, 6) is 0.433. The van der Waals surface area contributed by atoms with Crippen LogP contribution in [-0.2, 0) is 9.59 Å². The SMILES string of the molecule is CCCC(=O)Nc1ccc(C2=NNC(=O)[C@@H]3C[C@H]23)cc1. The summed E-state index contributed by atoms with van der Waals surface area (Å²) in [6.07, 6.45) is 2.26. The molecule has 1 aromatic carbocycles. The van der Waals surface area contributed by atoms with Crippen molar-refractivity contribution in [3.8, 4) is 0 Å². The molecule has 0 saturated heterocycles. The second kappa shape index (κ2) is 5.07. The molecule has 0 radical (unpaired) electrons. The summed E-state index contributed by atoms with van der Waals surface area (Å²) >= 11 is 0. The molecule has 2 N–H and O–H groups in total. The molecule has 1 fully saturated rings. The highest BCUT2D eigenvalue weighted by atomic mass is 16.2. The van der Waals surface area contributed by atoms with Crippen molar-refractivity contribution in [3.63, 3.8) is 0 Å². The van der Waals surface area contributed by atoms with Gasteiger partial charge in [-0.05, 0) is 30.5 Å². The fourth-order valence-corrected chi connectivity index (χ4v) is 2.52. The quantitative estimate of drug-likeness (QED) is 0.878. The van der Waals surface area contributed by atoms with E-state index in [-0.39, 0.29) is 23.7 Å². The van der Waals surface area contributed by atoms with Gasteiger partial charge in [0.05, 0.1) is 5.71 Å². The van der Waals surface area contributed by atoms with Crippen LogP contribution in [0.15, 0.2) is 29.4 Å². The maximum Gasteiger partial charge on any atom is 0.243 e. The normalized spacial score (nSPS) is 23.4. The van der Waals surface area contributed by atoms with E-state index < -0.39 is 0 Å². The Kier molecular flexibility index (Phi) is 3.26. The van der Waals surface area contributed by atoms with Crippen molar-refractivity contribution in [3.05, 3.63) is 29.8 Å². The van der Waals surface area contributed by atoms with Gasteiger partial charge in [-0.25, -0.2) is 5.43 Å². The predicted octanol–water partition coefficient (Wildman–Crippen LogP) is 1.90. The van der Waals surface area contributed by atoms with Crippen LogP contribution >= 0.6 is 0 Å². The maximum atomic E-state index is 11.5. The minimum Gasteiger partial charge on any atom is -0.326 e. The summed E-state index contributed by atoms with van der Waals surface area (Å²) in [4.78, 5) is 22.9. The first-order valence-corrected chi connectivity index (χ1v) is 6.96. The summed E-state index contributed by atoms with van der Waals surface area (Å²) in [6, 6.07) is 7.62. The number of nitrogens with zero attached hydrogens (tertiary/aromatic N) is 1. The lowest BCUT2D eigenvalue weighted by atomic mass is 10.0. The van der Waals surface area contributed by atoms with Crippen LogP contribution in [0.1, 0.15) is 31.7 Å². The lowest BCUT2D eigenvalue weighted by Gasteiger charge is -2.12. The van der Waals surface area contributed by atoms with Gasteiger partial charge in [0, 0.05) is 23.9 Å². The van der Waals surface area contributed by atoms with Gasteiger partial charge in [-0.2, -0.15) is 5.10 Å². The molecule has 0 aromatic heterocycles. The monoisotopic (exact) mass is 271 g/mol. The van der Waals surface area contributed by atoms with E-state index in [1.807, 2.05) is 31.2 Å². The van der Waals surface area contributed by atoms with Gasteiger partial charge in [0.1, 0.15) is 0 Å². The van der Waals surface area contributed by atoms with Crippen molar-refractivity contribution in [2.24, 2.45) is 16.9 Å². The van der Waals surface area contributed by atoms with E-state index in [0.717, 1.165) is 29.8 Å². The van der Waals surface area contributed by atoms with E-state index >= 15 is 0 Å². The Balaban J connectivity index is 1.71. The summed E-state index contributed by atoms with van der Waals surface area (Å²) in [6.45, 7) is 1.98. The first-order valence-electron chi connectivity index (χ1n) is 6.96. The third-order valence-electron chi connectivity index (χ3n) is 3.71. The minimum atomic E-state index is 0.0298. The van der Waals surface area contributed by atoms with Crippen LogP contribution in [0.5, 0.6) is 0 Å². The number of carbonyl (C=O) groups is 2. The van der Waals surface area contributed by atoms with Gasteiger partial charge < -0.3 is 5.32 Å². The Bertz CT molecular complexity index is 577. The van der Waals surface area contributed by atoms with Crippen LogP contribution in [0.2, 0.25) is 0 Å². The standard InChI is InChI=1S/C15H17N3O2/c1-2-3-13(19)16-10-6-4-9(5-7-10)14-11-8-12(11)15(20)18-17-14/h4-7,11-12H,2-3,8H2,1H3,(H,16,19)(H,18,20)/t11-,12+/m0/s1. The first kappa shape index (κ1) is 12.8. The van der Waals surface area contributed by atoms with Gasteiger partial charge in [-0.1, -0.05) is 19.1 Å². The molecular formula is C15H17N3O2. The highest BCUT2D eigenvalue weighted by Crippen LogP contribution is 2.43. The maximum absolute atomic E-state index is 11.5. The Morgan fingerprint density at radius 3 is 2.80 bits per heavy atom. The topological polar surface area (TPSA) is 70.6 Å². The number of hydrazone groups is 1. The average Bonchev–Trinajstić information content (AvgIpc) is 3.22. The van der Waals surface area contributed by atoms with Crippen molar-refractivity contribution in [2.75, 3.05) is 5.32 Å². The van der Waals surface area contributed by atoms with Crippen molar-refractivity contribution < 1.29 is 9.59 Å². The fourth-order valence-electron chi connectivity index (χ4n) is 2.52. The summed E-state index contributed by atoms with van der Waals surface area (Å²) in [7, 11) is 0. The molecule has 2 atom stereocenters. The molecule has 20 heavy (non-hydrogen) atoms. The number of nitrogens with one attached hydrogen (secondary N) is 2. The van der Waals surface area contributed by atoms with Crippen molar-refractivity contribution in [2.45, 2.75) is 26.2 Å². The molecule has 2 aliphatic rings. The highest BCUT2D eigenvalue weighted by molar-refractivity contribution is 6.09. The van der Waals surface area contributed by atoms with E-state index in [1.54, 1.807) is 0 Å². The molecule has 1 aliphatic heterocycles. The van der Waals surface area contributed by atoms with Crippen LogP contribution in [0.25, 0.3) is 0 Å². The minimum absolute atomic E-state index is 0.0298. The third-order valence-corrected chi connectivity index (χ3v) is 3.71. The molecular weight excluding hydrogens is 254 g/mol. The van der Waals surface area contributed by atoms with Gasteiger partial charge in [-0.15, -0.1) is 0 Å². The number of anilines is 1. The molecule has 1 aromatic rings. The van der Waals surface area contributed by atoms with Crippen molar-refractivity contribution in [1.82, 2.24) is 5.43 Å². The van der Waals surface area contributed by atoms with E-state index in [4.69, 9.17) is 0 Å². The number of hydrogen-bond acceptors (Lipinski definition) is 3. The molecule has 5 heteroatoms. The van der Waals surface area contributed by atoms with E-state index in [0.29, 0.717) is 6.42 Å². The second-order valence-corrected chi connectivity index (χ2v) is 5.30. The zero-order valence-electron chi connectivity index (χ0n) is 11.3. The van der Waals surface area contributed by atoms with Crippen molar-refractivity contribution in [1.29, 1.82) is 0 Å². The van der Waals surface area contributed by atoms with Crippen molar-refractivity contribution >= 4 is 23.2 Å². The van der Waals surface area contributed by atoms with Crippen LogP contribution < -0.4 is 10.7 Å². The van der Waals surface area contributed by atoms with Gasteiger partial charge >= 0.3 is 0 Å². The number of carbonyl (C=O) groups excluding carboxylic acids is 2. The predicted molar refractivity (Wildman–Crippen MR) is 76.3 cm³/mol. The largest absolute Gasteiger partial charge is 0.326 e. The Morgan fingerprint density at radius 1 is 1.35 bits per heavy atom. The smallest absolute Gasteiger partial charge is 0.243 e. The molecule has 1 heterocycles. The Labute approximate surface area is 117 Å². The molecule has 3 rings (SSSR count). The summed E-state index contributed by atoms with van der Waals surface area (Å²) in [5.41, 5.74) is 5.31. The second-order valence-electron chi connectivity index (χ2n) is 5.30. The zero-order valence-corrected chi connectivity index (χ0v) is 11.3. The van der Waals surface area contributed by atoms with E-state index in [1.165, 1.54) is 0 Å². The lowest BCUT2D eigenvalue weighted by Crippen LogP contribution is -2.28. The first-order chi connectivity index (χ1) is 9.69. The van der Waals surface area contributed by atoms with Crippen LogP contribution in [0.3, 0.4) is 0 Å². The number of fused-ring (bicyclic) bond motifs is 1. The van der Waals surface area contributed by atoms with E-state index in [2.05, 4.69) is 15.8 Å². The molecule has 0 bridgehead atoms. The molecule has 104 valence electrons. The van der Waals surface area contributed by atoms with Gasteiger partial charge in [-0.3, -0.25) is 9.59 Å². The summed E-state index contributed by atoms with van der Waals surface area (Å²) < 4.78 is 0. The summed E-state index contributed by atoms with van der Waals surface area (Å²) in [5, 5.41) is 7.01. The Morgan fingerprint density at radius 2 is 2.10 bits per heavy atom. The average molecular weight is 271 g/mol. The highest BCUT2D eigenvalue weighted by Gasteiger charge is 2.49. The molecule has 1 aliphatic carbocycles.